The largest absolute Gasteiger partial charge is 0.468 e. The highest BCUT2D eigenvalue weighted by Crippen LogP contribution is 2.41. The zero-order chi connectivity index (χ0) is 17.5. The van der Waals surface area contributed by atoms with Gasteiger partial charge in [-0.2, -0.15) is 0 Å². The molecule has 0 saturated carbocycles. The second-order valence-electron chi connectivity index (χ2n) is 5.27. The minimum Gasteiger partial charge on any atom is -0.468 e. The molecule has 1 aliphatic rings. The summed E-state index contributed by atoms with van der Waals surface area (Å²) < 4.78 is 14.8. The number of allylic oxidation sites excluding steroid dienone is 1. The van der Waals surface area contributed by atoms with Crippen molar-refractivity contribution in [3.8, 4) is 11.8 Å². The lowest BCUT2D eigenvalue weighted by Crippen LogP contribution is -2.47. The summed E-state index contributed by atoms with van der Waals surface area (Å²) in [6.07, 6.45) is 4.04. The lowest BCUT2D eigenvalue weighted by Gasteiger charge is -2.35. The van der Waals surface area contributed by atoms with E-state index in [0.29, 0.717) is 12.8 Å². The topological polar surface area (TPSA) is 78.9 Å². The van der Waals surface area contributed by atoms with Crippen molar-refractivity contribution in [2.45, 2.75) is 39.2 Å². The van der Waals surface area contributed by atoms with Crippen LogP contribution in [0, 0.1) is 23.2 Å². The van der Waals surface area contributed by atoms with Gasteiger partial charge in [0.05, 0.1) is 14.2 Å². The molecule has 6 nitrogen and oxygen atoms in total. The van der Waals surface area contributed by atoms with Gasteiger partial charge in [-0.1, -0.05) is 6.08 Å². The summed E-state index contributed by atoms with van der Waals surface area (Å²) in [6, 6.07) is 0. The van der Waals surface area contributed by atoms with Crippen LogP contribution in [0.15, 0.2) is 12.2 Å². The first-order valence-corrected chi connectivity index (χ1v) is 7.34. The van der Waals surface area contributed by atoms with E-state index < -0.39 is 23.3 Å². The molecular weight excluding hydrogens is 300 g/mol. The van der Waals surface area contributed by atoms with Gasteiger partial charge in [0.25, 0.3) is 0 Å². The summed E-state index contributed by atoms with van der Waals surface area (Å²) in [5, 5.41) is 0. The van der Waals surface area contributed by atoms with E-state index in [0.717, 1.165) is 0 Å². The Morgan fingerprint density at radius 2 is 1.74 bits per heavy atom. The van der Waals surface area contributed by atoms with Crippen molar-refractivity contribution >= 4 is 17.9 Å². The van der Waals surface area contributed by atoms with Crippen LogP contribution in [-0.4, -0.2) is 38.2 Å². The predicted molar refractivity (Wildman–Crippen MR) is 82.0 cm³/mol. The smallest absolute Gasteiger partial charge is 0.324 e. The van der Waals surface area contributed by atoms with Gasteiger partial charge in [0, 0.05) is 19.3 Å². The van der Waals surface area contributed by atoms with Gasteiger partial charge in [-0.25, -0.2) is 0 Å². The van der Waals surface area contributed by atoms with Crippen LogP contribution < -0.4 is 0 Å². The SMILES string of the molecule is CC#CCC(C(=O)OC)(C(=O)OC)[C@H]1C=C[C@H](OC(C)=O)CC1. The second-order valence-corrected chi connectivity index (χ2v) is 5.27. The normalized spacial score (nSPS) is 20.0. The van der Waals surface area contributed by atoms with Gasteiger partial charge in [0.1, 0.15) is 6.10 Å². The van der Waals surface area contributed by atoms with Crippen molar-refractivity contribution in [3.63, 3.8) is 0 Å². The molecule has 0 N–H and O–H groups in total. The van der Waals surface area contributed by atoms with Gasteiger partial charge in [0.2, 0.25) is 0 Å². The first-order valence-electron chi connectivity index (χ1n) is 7.34. The molecular formula is C17H22O6. The zero-order valence-electron chi connectivity index (χ0n) is 13.9. The molecule has 0 aliphatic heterocycles. The quantitative estimate of drug-likeness (QED) is 0.252. The van der Waals surface area contributed by atoms with E-state index in [1.807, 2.05) is 0 Å². The van der Waals surface area contributed by atoms with E-state index in [1.54, 1.807) is 19.1 Å². The van der Waals surface area contributed by atoms with Crippen LogP contribution in [0.4, 0.5) is 0 Å². The number of ether oxygens (including phenoxy) is 3. The molecule has 0 unspecified atom stereocenters. The van der Waals surface area contributed by atoms with E-state index >= 15 is 0 Å². The standard InChI is InChI=1S/C17H22O6/c1-5-6-11-17(15(19)21-3,16(20)22-4)13-7-9-14(10-8-13)23-12(2)18/h7,9,13-14H,8,10-11H2,1-4H3/t13-,14-/m0/s1. The summed E-state index contributed by atoms with van der Waals surface area (Å²) in [5.41, 5.74) is -1.51. The molecule has 0 spiro atoms. The molecule has 1 aliphatic carbocycles. The van der Waals surface area contributed by atoms with Crippen molar-refractivity contribution in [2.75, 3.05) is 14.2 Å². The van der Waals surface area contributed by atoms with Crippen molar-refractivity contribution < 1.29 is 28.6 Å². The molecule has 0 aromatic heterocycles. The monoisotopic (exact) mass is 322 g/mol. The Bertz CT molecular complexity index is 535. The van der Waals surface area contributed by atoms with Crippen LogP contribution in [0.1, 0.15) is 33.1 Å². The van der Waals surface area contributed by atoms with E-state index in [4.69, 9.17) is 14.2 Å². The van der Waals surface area contributed by atoms with Crippen molar-refractivity contribution in [1.82, 2.24) is 0 Å². The molecule has 0 heterocycles. The molecule has 0 aromatic rings. The Hall–Kier alpha value is -2.29. The maximum atomic E-state index is 12.4. The van der Waals surface area contributed by atoms with Crippen molar-refractivity contribution in [1.29, 1.82) is 0 Å². The molecule has 0 aromatic carbocycles. The van der Waals surface area contributed by atoms with E-state index in [9.17, 15) is 14.4 Å². The Morgan fingerprint density at radius 1 is 1.13 bits per heavy atom. The lowest BCUT2D eigenvalue weighted by atomic mass is 9.69. The minimum absolute atomic E-state index is 0.0100. The fourth-order valence-electron chi connectivity index (χ4n) is 2.77. The highest BCUT2D eigenvalue weighted by Gasteiger charge is 2.53. The third kappa shape index (κ3) is 4.13. The van der Waals surface area contributed by atoms with Gasteiger partial charge in [-0.3, -0.25) is 14.4 Å². The Kier molecular flexibility index (Phi) is 6.83. The number of hydrogen-bond acceptors (Lipinski definition) is 6. The van der Waals surface area contributed by atoms with Crippen LogP contribution in [0.25, 0.3) is 0 Å². The number of hydrogen-bond donors (Lipinski definition) is 0. The lowest BCUT2D eigenvalue weighted by molar-refractivity contribution is -0.173. The first kappa shape index (κ1) is 18.8. The van der Waals surface area contributed by atoms with Crippen LogP contribution in [0.3, 0.4) is 0 Å². The van der Waals surface area contributed by atoms with Crippen LogP contribution >= 0.6 is 0 Å². The van der Waals surface area contributed by atoms with Gasteiger partial charge >= 0.3 is 17.9 Å². The van der Waals surface area contributed by atoms with E-state index in [2.05, 4.69) is 11.8 Å². The molecule has 0 bridgehead atoms. The van der Waals surface area contributed by atoms with Crippen LogP contribution in [0.2, 0.25) is 0 Å². The van der Waals surface area contributed by atoms with Crippen LogP contribution in [-0.2, 0) is 28.6 Å². The third-order valence-electron chi connectivity index (χ3n) is 3.91. The predicted octanol–water partition coefficient (Wildman–Crippen LogP) is 1.63. The Labute approximate surface area is 136 Å². The fraction of sp³-hybridized carbons (Fsp3) is 0.588. The van der Waals surface area contributed by atoms with Crippen molar-refractivity contribution in [2.24, 2.45) is 11.3 Å². The molecule has 0 fully saturated rings. The Balaban J connectivity index is 3.18. The molecule has 126 valence electrons. The summed E-state index contributed by atoms with van der Waals surface area (Å²) in [7, 11) is 2.46. The molecule has 0 radical (unpaired) electrons. The average molecular weight is 322 g/mol. The van der Waals surface area contributed by atoms with Crippen LogP contribution in [0.5, 0.6) is 0 Å². The zero-order valence-corrected chi connectivity index (χ0v) is 13.9. The van der Waals surface area contributed by atoms with E-state index in [1.165, 1.54) is 21.1 Å². The third-order valence-corrected chi connectivity index (χ3v) is 3.91. The summed E-state index contributed by atoms with van der Waals surface area (Å²) in [5.74, 6) is 3.33. The highest BCUT2D eigenvalue weighted by atomic mass is 16.5. The first-order chi connectivity index (χ1) is 10.9. The number of methoxy groups -OCH3 is 2. The van der Waals surface area contributed by atoms with Gasteiger partial charge < -0.3 is 14.2 Å². The number of carbonyl (C=O) groups excluding carboxylic acids is 3. The number of esters is 3. The maximum Gasteiger partial charge on any atom is 0.324 e. The molecule has 23 heavy (non-hydrogen) atoms. The van der Waals surface area contributed by atoms with Crippen molar-refractivity contribution in [3.05, 3.63) is 12.2 Å². The number of carbonyl (C=O) groups is 3. The van der Waals surface area contributed by atoms with Gasteiger partial charge in [0.15, 0.2) is 5.41 Å². The number of rotatable bonds is 5. The molecule has 6 heteroatoms. The Morgan fingerprint density at radius 3 is 2.13 bits per heavy atom. The molecule has 2 atom stereocenters. The maximum absolute atomic E-state index is 12.4. The summed E-state index contributed by atoms with van der Waals surface area (Å²) in [4.78, 5) is 35.8. The average Bonchev–Trinajstić information content (AvgIpc) is 2.55. The summed E-state index contributed by atoms with van der Waals surface area (Å²) >= 11 is 0. The summed E-state index contributed by atoms with van der Waals surface area (Å²) in [6.45, 7) is 2.97. The molecule has 1 rings (SSSR count). The highest BCUT2D eigenvalue weighted by molar-refractivity contribution is 6.01. The molecule has 0 amide bonds. The van der Waals surface area contributed by atoms with Gasteiger partial charge in [-0.05, 0) is 25.8 Å². The van der Waals surface area contributed by atoms with E-state index in [-0.39, 0.29) is 18.5 Å². The molecule has 0 saturated heterocycles. The second kappa shape index (κ2) is 8.37. The minimum atomic E-state index is -1.51. The fourth-order valence-corrected chi connectivity index (χ4v) is 2.77. The van der Waals surface area contributed by atoms with Gasteiger partial charge in [-0.15, -0.1) is 11.8 Å².